The van der Waals surface area contributed by atoms with Crippen LogP contribution < -0.4 is 5.09 Å². The Labute approximate surface area is 33.2 Å². The van der Waals surface area contributed by atoms with Gasteiger partial charge in [-0.05, 0) is 9.39 Å². The second kappa shape index (κ2) is 2.16. The molecule has 2 nitrogen and oxygen atoms in total. The molecule has 0 rings (SSSR count). The Kier molecular flexibility index (Phi) is 2.11. The average Bonchev–Trinajstić information content (AvgIpc) is 1.38. The lowest BCUT2D eigenvalue weighted by atomic mass is 10.8. The van der Waals surface area contributed by atoms with E-state index in [1.54, 1.807) is 0 Å². The average molecular weight is 91.1 g/mol. The molecule has 0 heterocycles. The van der Waals surface area contributed by atoms with Crippen molar-refractivity contribution in [3.63, 3.8) is 0 Å². The highest BCUT2D eigenvalue weighted by Crippen LogP contribution is 1.63. The molecule has 0 aromatic heterocycles. The van der Waals surface area contributed by atoms with Gasteiger partial charge in [-0.2, -0.15) is 0 Å². The molecule has 0 aliphatic heterocycles. The third-order valence-corrected chi connectivity index (χ3v) is 0.610. The Balaban J connectivity index is 2.85. The van der Waals surface area contributed by atoms with Crippen LogP contribution in [-0.4, -0.2) is 5.91 Å². The summed E-state index contributed by atoms with van der Waals surface area (Å²) in [5.41, 5.74) is 0. The van der Waals surface area contributed by atoms with Gasteiger partial charge in [-0.25, -0.2) is 0 Å². The highest BCUT2D eigenvalue weighted by Gasteiger charge is 1.72. The van der Waals surface area contributed by atoms with Crippen LogP contribution in [0.3, 0.4) is 0 Å². The van der Waals surface area contributed by atoms with E-state index >= 15 is 0 Å². The Hall–Kier alpha value is -0.100. The Morgan fingerprint density at radius 1 is 2.00 bits per heavy atom. The zero-order valence-corrected chi connectivity index (χ0v) is 4.14. The SMILES string of the molecule is CC(=O)NP. The fourth-order valence-corrected chi connectivity index (χ4v) is 0. The summed E-state index contributed by atoms with van der Waals surface area (Å²) < 4.78 is 0. The number of amides is 1. The summed E-state index contributed by atoms with van der Waals surface area (Å²) in [6, 6.07) is 0. The van der Waals surface area contributed by atoms with Crippen molar-refractivity contribution in [2.24, 2.45) is 0 Å². The van der Waals surface area contributed by atoms with Crippen LogP contribution in [0.2, 0.25) is 0 Å². The van der Waals surface area contributed by atoms with E-state index in [4.69, 9.17) is 0 Å². The summed E-state index contributed by atoms with van der Waals surface area (Å²) in [6.07, 6.45) is 0. The van der Waals surface area contributed by atoms with Gasteiger partial charge in [0.1, 0.15) is 0 Å². The zero-order chi connectivity index (χ0) is 4.28. The van der Waals surface area contributed by atoms with Gasteiger partial charge in [-0.15, -0.1) is 0 Å². The lowest BCUT2D eigenvalue weighted by Gasteiger charge is -1.79. The predicted octanol–water partition coefficient (Wildman–Crippen LogP) is -0.0874. The number of carbonyl (C=O) groups is 1. The van der Waals surface area contributed by atoms with Crippen molar-refractivity contribution >= 4 is 15.3 Å². The van der Waals surface area contributed by atoms with Gasteiger partial charge >= 0.3 is 0 Å². The number of hydrogen-bond donors (Lipinski definition) is 1. The molecular formula is C2H6NOP. The van der Waals surface area contributed by atoms with Crippen LogP contribution >= 0.6 is 9.39 Å². The van der Waals surface area contributed by atoms with Crippen molar-refractivity contribution in [1.82, 2.24) is 5.09 Å². The van der Waals surface area contributed by atoms with Crippen molar-refractivity contribution in [3.05, 3.63) is 0 Å². The van der Waals surface area contributed by atoms with Gasteiger partial charge in [0.05, 0.1) is 0 Å². The lowest BCUT2D eigenvalue weighted by Crippen LogP contribution is -2.03. The Morgan fingerprint density at radius 3 is 2.20 bits per heavy atom. The predicted molar refractivity (Wildman–Crippen MR) is 23.5 cm³/mol. The largest absolute Gasteiger partial charge is 0.341 e. The number of nitrogens with one attached hydrogen (secondary N) is 1. The van der Waals surface area contributed by atoms with Gasteiger partial charge in [0, 0.05) is 6.92 Å². The van der Waals surface area contributed by atoms with Gasteiger partial charge in [-0.3, -0.25) is 4.79 Å². The molecule has 0 bridgehead atoms. The first-order chi connectivity index (χ1) is 2.27. The Bertz CT molecular complexity index is 44.9. The van der Waals surface area contributed by atoms with Gasteiger partial charge in [0.2, 0.25) is 5.91 Å². The topological polar surface area (TPSA) is 29.1 Å². The van der Waals surface area contributed by atoms with Crippen molar-refractivity contribution in [1.29, 1.82) is 0 Å². The molecule has 0 aliphatic carbocycles. The summed E-state index contributed by atoms with van der Waals surface area (Å²) in [6.45, 7) is 1.45. The van der Waals surface area contributed by atoms with E-state index in [0.717, 1.165) is 0 Å². The molecule has 0 aromatic rings. The monoisotopic (exact) mass is 91.0 g/mol. The molecule has 1 N–H and O–H groups in total. The number of rotatable bonds is 0. The second-order valence-corrected chi connectivity index (χ2v) is 0.989. The number of carbonyl (C=O) groups excluding carboxylic acids is 1. The van der Waals surface area contributed by atoms with Crippen molar-refractivity contribution in [2.45, 2.75) is 6.92 Å². The van der Waals surface area contributed by atoms with Gasteiger partial charge < -0.3 is 5.09 Å². The summed E-state index contributed by atoms with van der Waals surface area (Å²) in [5.74, 6) is -0.0324. The summed E-state index contributed by atoms with van der Waals surface area (Å²) in [5, 5.41) is 2.31. The standard InChI is InChI=1S/C2H6NOP/c1-2(4)3-5/h5H2,1H3,(H,3,4). The fourth-order valence-electron chi connectivity index (χ4n) is 0. The van der Waals surface area contributed by atoms with Crippen LogP contribution in [0.1, 0.15) is 6.92 Å². The molecule has 1 amide bonds. The number of hydrogen-bond acceptors (Lipinski definition) is 1. The highest BCUT2D eigenvalue weighted by atomic mass is 31.0. The minimum atomic E-state index is -0.0324. The van der Waals surface area contributed by atoms with Gasteiger partial charge in [-0.1, -0.05) is 0 Å². The molecule has 0 saturated carbocycles. The quantitative estimate of drug-likeness (QED) is 0.415. The van der Waals surface area contributed by atoms with E-state index in [0.29, 0.717) is 0 Å². The van der Waals surface area contributed by atoms with Gasteiger partial charge in [0.15, 0.2) is 0 Å². The molecule has 0 aromatic carbocycles. The highest BCUT2D eigenvalue weighted by molar-refractivity contribution is 7.15. The molecule has 1 atom stereocenters. The minimum Gasteiger partial charge on any atom is -0.341 e. The van der Waals surface area contributed by atoms with Crippen molar-refractivity contribution in [3.8, 4) is 0 Å². The van der Waals surface area contributed by atoms with E-state index in [-0.39, 0.29) is 5.91 Å². The molecule has 0 aliphatic rings. The molecule has 1 unspecified atom stereocenters. The maximum Gasteiger partial charge on any atom is 0.219 e. The summed E-state index contributed by atoms with van der Waals surface area (Å²) in [7, 11) is 2.09. The van der Waals surface area contributed by atoms with Crippen LogP contribution in [0.15, 0.2) is 0 Å². The van der Waals surface area contributed by atoms with E-state index in [2.05, 4.69) is 14.5 Å². The first-order valence-corrected chi connectivity index (χ1v) is 1.82. The lowest BCUT2D eigenvalue weighted by molar-refractivity contribution is -0.117. The minimum absolute atomic E-state index is 0.0324. The maximum absolute atomic E-state index is 9.68. The van der Waals surface area contributed by atoms with E-state index in [1.165, 1.54) is 6.92 Å². The summed E-state index contributed by atoms with van der Waals surface area (Å²) >= 11 is 0. The molecule has 0 saturated heterocycles. The smallest absolute Gasteiger partial charge is 0.219 e. The van der Waals surface area contributed by atoms with Crippen LogP contribution in [-0.2, 0) is 4.79 Å². The molecular weight excluding hydrogens is 85.0 g/mol. The van der Waals surface area contributed by atoms with E-state index in [9.17, 15) is 4.79 Å². The first kappa shape index (κ1) is 4.90. The van der Waals surface area contributed by atoms with Crippen LogP contribution in [0, 0.1) is 0 Å². The van der Waals surface area contributed by atoms with Crippen molar-refractivity contribution in [2.75, 3.05) is 0 Å². The first-order valence-electron chi connectivity index (χ1n) is 1.24. The van der Waals surface area contributed by atoms with Crippen molar-refractivity contribution < 1.29 is 4.79 Å². The molecule has 0 fully saturated rings. The third-order valence-electron chi connectivity index (χ3n) is 0.203. The maximum atomic E-state index is 9.68. The molecule has 0 spiro atoms. The van der Waals surface area contributed by atoms with E-state index in [1.807, 2.05) is 0 Å². The molecule has 30 valence electrons. The van der Waals surface area contributed by atoms with Crippen LogP contribution in [0.25, 0.3) is 0 Å². The fraction of sp³-hybridized carbons (Fsp3) is 0.500. The second-order valence-electron chi connectivity index (χ2n) is 0.701. The Morgan fingerprint density at radius 2 is 2.20 bits per heavy atom. The molecule has 3 heteroatoms. The van der Waals surface area contributed by atoms with Crippen LogP contribution in [0.5, 0.6) is 0 Å². The van der Waals surface area contributed by atoms with E-state index < -0.39 is 0 Å². The summed E-state index contributed by atoms with van der Waals surface area (Å²) in [4.78, 5) is 9.68. The zero-order valence-electron chi connectivity index (χ0n) is 2.99. The van der Waals surface area contributed by atoms with Gasteiger partial charge in [0.25, 0.3) is 0 Å². The molecule has 0 radical (unpaired) electrons. The molecule has 5 heavy (non-hydrogen) atoms. The normalized spacial score (nSPS) is 6.80. The van der Waals surface area contributed by atoms with Crippen LogP contribution in [0.4, 0.5) is 0 Å². The third kappa shape index (κ3) is 3.90.